The predicted molar refractivity (Wildman–Crippen MR) is 52.2 cm³/mol. The summed E-state index contributed by atoms with van der Waals surface area (Å²) in [5.74, 6) is 1.14. The van der Waals surface area contributed by atoms with Crippen LogP contribution in [0.4, 0.5) is 0 Å². The van der Waals surface area contributed by atoms with Gasteiger partial charge in [-0.25, -0.2) is 9.13 Å². The lowest BCUT2D eigenvalue weighted by Gasteiger charge is -1.90. The second kappa shape index (κ2) is 2.87. The fraction of sp³-hybridized carbons (Fsp3) is 0.273. The summed E-state index contributed by atoms with van der Waals surface area (Å²) in [6, 6.07) is 8.15. The third-order valence-electron chi connectivity index (χ3n) is 2.48. The Morgan fingerprint density at radius 2 is 2.08 bits per heavy atom. The van der Waals surface area contributed by atoms with Crippen LogP contribution in [0.15, 0.2) is 24.3 Å². The molecule has 0 aliphatic rings. The van der Waals surface area contributed by atoms with Crippen molar-refractivity contribution in [1.82, 2.24) is 4.57 Å². The second-order valence-electron chi connectivity index (χ2n) is 3.19. The molecule has 13 heavy (non-hydrogen) atoms. The van der Waals surface area contributed by atoms with Crippen LogP contribution in [0, 0.1) is 7.05 Å². The van der Waals surface area contributed by atoms with E-state index in [1.807, 2.05) is 25.2 Å². The van der Waals surface area contributed by atoms with Crippen molar-refractivity contribution in [2.75, 3.05) is 0 Å². The fourth-order valence-electron chi connectivity index (χ4n) is 1.80. The minimum Gasteiger partial charge on any atom is -0.230 e. The SMILES string of the molecule is [CH][n+]1c(CC)n(C)c2ccccc21. The van der Waals surface area contributed by atoms with Gasteiger partial charge in [0.15, 0.2) is 18.1 Å². The topological polar surface area (TPSA) is 8.81 Å². The van der Waals surface area contributed by atoms with E-state index in [1.54, 1.807) is 4.57 Å². The molecule has 0 unspecified atom stereocenters. The molecule has 2 aromatic rings. The first-order valence-corrected chi connectivity index (χ1v) is 4.49. The minimum absolute atomic E-state index is 0.946. The summed E-state index contributed by atoms with van der Waals surface area (Å²) in [4.78, 5) is 0. The highest BCUT2D eigenvalue weighted by Crippen LogP contribution is 2.12. The summed E-state index contributed by atoms with van der Waals surface area (Å²) in [6.07, 6.45) is 0.946. The summed E-state index contributed by atoms with van der Waals surface area (Å²) in [5, 5.41) is 0. The first-order valence-electron chi connectivity index (χ1n) is 4.49. The van der Waals surface area contributed by atoms with Crippen LogP contribution in [0.3, 0.4) is 0 Å². The van der Waals surface area contributed by atoms with Crippen LogP contribution in [0.25, 0.3) is 11.0 Å². The molecule has 0 saturated carbocycles. The van der Waals surface area contributed by atoms with Crippen molar-refractivity contribution >= 4 is 11.0 Å². The van der Waals surface area contributed by atoms with E-state index in [1.165, 1.54) is 5.52 Å². The van der Waals surface area contributed by atoms with Crippen molar-refractivity contribution < 1.29 is 4.57 Å². The van der Waals surface area contributed by atoms with Gasteiger partial charge in [0.05, 0.1) is 7.05 Å². The molecular formula is C11H13N2+. The molecule has 0 bridgehead atoms. The van der Waals surface area contributed by atoms with Gasteiger partial charge in [0.25, 0.3) is 5.82 Å². The van der Waals surface area contributed by atoms with Crippen LogP contribution in [-0.2, 0) is 13.5 Å². The van der Waals surface area contributed by atoms with Crippen molar-refractivity contribution in [2.24, 2.45) is 7.05 Å². The predicted octanol–water partition coefficient (Wildman–Crippen LogP) is 1.54. The van der Waals surface area contributed by atoms with E-state index < -0.39 is 0 Å². The molecule has 0 saturated heterocycles. The van der Waals surface area contributed by atoms with Gasteiger partial charge in [-0.1, -0.05) is 19.1 Å². The summed E-state index contributed by atoms with van der Waals surface area (Å²) in [5.41, 5.74) is 2.27. The van der Waals surface area contributed by atoms with Crippen molar-refractivity contribution in [1.29, 1.82) is 0 Å². The van der Waals surface area contributed by atoms with Crippen molar-refractivity contribution in [3.8, 4) is 0 Å². The average molecular weight is 173 g/mol. The highest BCUT2D eigenvalue weighted by atomic mass is 15.1. The zero-order chi connectivity index (χ0) is 9.42. The Bertz CT molecular complexity index is 402. The van der Waals surface area contributed by atoms with Gasteiger partial charge in [-0.3, -0.25) is 0 Å². The van der Waals surface area contributed by atoms with Crippen molar-refractivity contribution in [3.05, 3.63) is 37.1 Å². The molecular weight excluding hydrogens is 160 g/mol. The van der Waals surface area contributed by atoms with Crippen molar-refractivity contribution in [2.45, 2.75) is 13.3 Å². The van der Waals surface area contributed by atoms with E-state index in [-0.39, 0.29) is 0 Å². The van der Waals surface area contributed by atoms with E-state index in [2.05, 4.69) is 17.6 Å². The molecule has 66 valence electrons. The fourth-order valence-corrected chi connectivity index (χ4v) is 1.80. The van der Waals surface area contributed by atoms with E-state index in [4.69, 9.17) is 7.05 Å². The molecule has 0 N–H and O–H groups in total. The number of fused-ring (bicyclic) bond motifs is 1. The molecule has 2 radical (unpaired) electrons. The van der Waals surface area contributed by atoms with Gasteiger partial charge in [-0.2, -0.15) is 0 Å². The Balaban J connectivity index is 2.88. The number of nitrogens with zero attached hydrogens (tertiary/aromatic N) is 2. The number of hydrogen-bond donors (Lipinski definition) is 0. The monoisotopic (exact) mass is 173 g/mol. The maximum atomic E-state index is 5.95. The van der Waals surface area contributed by atoms with Crippen LogP contribution in [0.5, 0.6) is 0 Å². The van der Waals surface area contributed by atoms with Gasteiger partial charge in [-0.05, 0) is 12.1 Å². The first-order chi connectivity index (χ1) is 6.25. The Morgan fingerprint density at radius 1 is 1.38 bits per heavy atom. The van der Waals surface area contributed by atoms with Gasteiger partial charge in [0, 0.05) is 6.42 Å². The Labute approximate surface area is 78.4 Å². The lowest BCUT2D eigenvalue weighted by atomic mass is 10.3. The summed E-state index contributed by atoms with van der Waals surface area (Å²) >= 11 is 0. The summed E-state index contributed by atoms with van der Waals surface area (Å²) in [7, 11) is 7.99. The number of para-hydroxylation sites is 2. The molecule has 0 aliphatic heterocycles. The largest absolute Gasteiger partial charge is 0.257 e. The number of aromatic nitrogens is 2. The number of benzene rings is 1. The molecule has 2 nitrogen and oxygen atoms in total. The maximum Gasteiger partial charge on any atom is 0.257 e. The second-order valence-corrected chi connectivity index (χ2v) is 3.19. The molecule has 0 atom stereocenters. The zero-order valence-electron chi connectivity index (χ0n) is 7.99. The Kier molecular flexibility index (Phi) is 1.83. The molecule has 2 rings (SSSR count). The molecule has 2 heteroatoms. The molecule has 1 heterocycles. The Hall–Kier alpha value is -1.31. The number of aryl methyl sites for hydroxylation is 1. The van der Waals surface area contributed by atoms with Gasteiger partial charge < -0.3 is 0 Å². The highest BCUT2D eigenvalue weighted by molar-refractivity contribution is 5.72. The molecule has 1 aromatic carbocycles. The quantitative estimate of drug-likeness (QED) is 0.578. The van der Waals surface area contributed by atoms with Gasteiger partial charge in [-0.15, -0.1) is 0 Å². The van der Waals surface area contributed by atoms with Gasteiger partial charge >= 0.3 is 0 Å². The standard InChI is InChI=1S/C11H13N2/c1-4-11-12(2)9-7-5-6-8-10(9)13(11)3/h2,5-8H,4H2,1,3H3/q+1. The number of imidazole rings is 1. The Morgan fingerprint density at radius 3 is 2.69 bits per heavy atom. The normalized spacial score (nSPS) is 11.0. The maximum absolute atomic E-state index is 5.95. The zero-order valence-corrected chi connectivity index (χ0v) is 7.99. The van der Waals surface area contributed by atoms with Gasteiger partial charge in [0.1, 0.15) is 0 Å². The van der Waals surface area contributed by atoms with Crippen LogP contribution in [0.2, 0.25) is 0 Å². The van der Waals surface area contributed by atoms with Crippen LogP contribution in [-0.4, -0.2) is 4.57 Å². The number of hydrogen-bond acceptors (Lipinski definition) is 0. The summed E-state index contributed by atoms with van der Waals surface area (Å²) in [6.45, 7) is 2.11. The lowest BCUT2D eigenvalue weighted by molar-refractivity contribution is -0.594. The molecule has 1 aromatic heterocycles. The lowest BCUT2D eigenvalue weighted by Crippen LogP contribution is -2.29. The molecule has 0 aliphatic carbocycles. The van der Waals surface area contributed by atoms with E-state index >= 15 is 0 Å². The van der Waals surface area contributed by atoms with Crippen LogP contribution in [0.1, 0.15) is 12.7 Å². The van der Waals surface area contributed by atoms with Crippen molar-refractivity contribution in [3.63, 3.8) is 0 Å². The first kappa shape index (κ1) is 8.30. The third kappa shape index (κ3) is 1.05. The van der Waals surface area contributed by atoms with Gasteiger partial charge in [0.2, 0.25) is 0 Å². The molecule has 0 spiro atoms. The number of rotatable bonds is 1. The highest BCUT2D eigenvalue weighted by Gasteiger charge is 2.17. The molecule has 0 fully saturated rings. The van der Waals surface area contributed by atoms with Crippen LogP contribution < -0.4 is 4.57 Å². The van der Waals surface area contributed by atoms with E-state index in [9.17, 15) is 0 Å². The van der Waals surface area contributed by atoms with E-state index in [0.29, 0.717) is 0 Å². The summed E-state index contributed by atoms with van der Waals surface area (Å²) < 4.78 is 3.89. The minimum atomic E-state index is 0.946. The smallest absolute Gasteiger partial charge is 0.230 e. The third-order valence-corrected chi connectivity index (χ3v) is 2.48. The molecule has 0 amide bonds. The van der Waals surface area contributed by atoms with E-state index in [0.717, 1.165) is 17.8 Å². The average Bonchev–Trinajstić information content (AvgIpc) is 2.41. The van der Waals surface area contributed by atoms with Crippen LogP contribution >= 0.6 is 0 Å².